The number of benzene rings is 3. The number of halogens is 2. The summed E-state index contributed by atoms with van der Waals surface area (Å²) in [6, 6.07) is 15.2. The molecule has 1 amide bonds. The molecule has 0 saturated carbocycles. The van der Waals surface area contributed by atoms with Gasteiger partial charge in [0.05, 0.1) is 16.5 Å². The molecule has 0 bridgehead atoms. The maximum absolute atomic E-state index is 13.8. The Bertz CT molecular complexity index is 1170. The minimum atomic E-state index is -0.513. The molecule has 0 aliphatic heterocycles. The molecule has 0 aromatic heterocycles. The van der Waals surface area contributed by atoms with E-state index >= 15 is 0 Å². The van der Waals surface area contributed by atoms with Crippen molar-refractivity contribution in [2.24, 2.45) is 0 Å². The first-order chi connectivity index (χ1) is 15.4. The number of amides is 1. The minimum absolute atomic E-state index is 0.0223. The quantitative estimate of drug-likeness (QED) is 0.242. The predicted molar refractivity (Wildman–Crippen MR) is 122 cm³/mol. The molecule has 3 aromatic carbocycles. The Morgan fingerprint density at radius 1 is 1.19 bits per heavy atom. The molecule has 0 aliphatic carbocycles. The van der Waals surface area contributed by atoms with Gasteiger partial charge in [-0.1, -0.05) is 18.2 Å². The molecule has 7 nitrogen and oxygen atoms in total. The first kappa shape index (κ1) is 23.0. The molecule has 0 spiro atoms. The third-order valence-electron chi connectivity index (χ3n) is 4.35. The molecule has 0 heterocycles. The van der Waals surface area contributed by atoms with E-state index in [1.165, 1.54) is 43.5 Å². The average Bonchev–Trinajstić information content (AvgIpc) is 2.78. The van der Waals surface area contributed by atoms with Crippen molar-refractivity contribution in [3.63, 3.8) is 0 Å². The summed E-state index contributed by atoms with van der Waals surface area (Å²) in [4.78, 5) is 22.3. The van der Waals surface area contributed by atoms with Crippen LogP contribution in [-0.4, -0.2) is 17.9 Å². The van der Waals surface area contributed by atoms with E-state index in [-0.39, 0.29) is 18.1 Å². The topological polar surface area (TPSA) is 90.7 Å². The van der Waals surface area contributed by atoms with Crippen LogP contribution in [0.1, 0.15) is 11.1 Å². The highest BCUT2D eigenvalue weighted by Gasteiger charge is 2.13. The van der Waals surface area contributed by atoms with Gasteiger partial charge in [0.1, 0.15) is 12.4 Å². The molecule has 0 atom stereocenters. The van der Waals surface area contributed by atoms with Crippen LogP contribution in [0.15, 0.2) is 71.2 Å². The van der Waals surface area contributed by atoms with Crippen LogP contribution in [0.5, 0.6) is 11.5 Å². The lowest BCUT2D eigenvalue weighted by atomic mass is 10.1. The zero-order chi connectivity index (χ0) is 23.1. The molecule has 32 heavy (non-hydrogen) atoms. The second-order valence-electron chi connectivity index (χ2n) is 6.54. The fourth-order valence-electron chi connectivity index (χ4n) is 2.76. The number of rotatable bonds is 8. The molecule has 9 heteroatoms. The molecular formula is C23H18BrFN2O5. The summed E-state index contributed by atoms with van der Waals surface area (Å²) in [5.74, 6) is 0.0457. The van der Waals surface area contributed by atoms with Gasteiger partial charge in [-0.15, -0.1) is 0 Å². The van der Waals surface area contributed by atoms with Gasteiger partial charge in [-0.25, -0.2) is 4.39 Å². The first-order valence-corrected chi connectivity index (χ1v) is 10.1. The molecule has 0 saturated heterocycles. The fourth-order valence-corrected chi connectivity index (χ4v) is 3.34. The number of carbonyl (C=O) groups excluding carboxylic acids is 1. The number of nitro groups is 1. The Kier molecular flexibility index (Phi) is 7.56. The number of nitro benzene ring substituents is 1. The van der Waals surface area contributed by atoms with E-state index in [1.807, 2.05) is 0 Å². The van der Waals surface area contributed by atoms with Crippen molar-refractivity contribution in [2.75, 3.05) is 12.4 Å². The summed E-state index contributed by atoms with van der Waals surface area (Å²) in [6.45, 7) is 0.0223. The Morgan fingerprint density at radius 2 is 1.91 bits per heavy atom. The highest BCUT2D eigenvalue weighted by molar-refractivity contribution is 9.10. The molecule has 3 aromatic rings. The molecule has 0 fully saturated rings. The van der Waals surface area contributed by atoms with Crippen LogP contribution >= 0.6 is 15.9 Å². The highest BCUT2D eigenvalue weighted by atomic mass is 79.9. The van der Waals surface area contributed by atoms with Crippen LogP contribution in [0.25, 0.3) is 6.08 Å². The molecule has 1 N–H and O–H groups in total. The van der Waals surface area contributed by atoms with Crippen LogP contribution in [0.4, 0.5) is 15.8 Å². The number of methoxy groups -OCH3 is 1. The summed E-state index contributed by atoms with van der Waals surface area (Å²) >= 11 is 3.42. The number of nitrogens with one attached hydrogen (secondary N) is 1. The van der Waals surface area contributed by atoms with Crippen molar-refractivity contribution in [3.8, 4) is 11.5 Å². The lowest BCUT2D eigenvalue weighted by Crippen LogP contribution is -2.07. The maximum atomic E-state index is 13.8. The van der Waals surface area contributed by atoms with E-state index in [1.54, 1.807) is 36.4 Å². The van der Waals surface area contributed by atoms with Crippen LogP contribution < -0.4 is 14.8 Å². The monoisotopic (exact) mass is 500 g/mol. The summed E-state index contributed by atoms with van der Waals surface area (Å²) in [5, 5.41) is 13.3. The van der Waals surface area contributed by atoms with Crippen molar-refractivity contribution in [1.29, 1.82) is 0 Å². The average molecular weight is 501 g/mol. The number of nitrogens with zero attached hydrogens (tertiary/aromatic N) is 1. The zero-order valence-corrected chi connectivity index (χ0v) is 18.5. The second-order valence-corrected chi connectivity index (χ2v) is 7.40. The Balaban J connectivity index is 1.69. The molecule has 3 rings (SSSR count). The van der Waals surface area contributed by atoms with E-state index in [9.17, 15) is 19.3 Å². The van der Waals surface area contributed by atoms with Gasteiger partial charge in [0.2, 0.25) is 5.91 Å². The minimum Gasteiger partial charge on any atom is -0.493 e. The third-order valence-corrected chi connectivity index (χ3v) is 4.94. The largest absolute Gasteiger partial charge is 0.493 e. The molecule has 0 unspecified atom stereocenters. The zero-order valence-electron chi connectivity index (χ0n) is 16.9. The standard InChI is InChI=1S/C23H18BrFN2O5/c1-31-21-13-15(6-11-22(28)26-17-7-9-18(10-8-17)27(29)30)12-19(24)23(21)32-14-16-4-2-3-5-20(16)25/h2-13H,14H2,1H3,(H,26,28)/b11-6+. The van der Waals surface area contributed by atoms with E-state index in [4.69, 9.17) is 9.47 Å². The Hall–Kier alpha value is -3.72. The highest BCUT2D eigenvalue weighted by Crippen LogP contribution is 2.37. The SMILES string of the molecule is COc1cc(/C=C/C(=O)Nc2ccc([N+](=O)[O-])cc2)cc(Br)c1OCc1ccccc1F. The van der Waals surface area contributed by atoms with Gasteiger partial charge in [-0.3, -0.25) is 14.9 Å². The molecule has 0 radical (unpaired) electrons. The Labute approximate surface area is 191 Å². The van der Waals surface area contributed by atoms with E-state index in [0.717, 1.165) is 0 Å². The molecular weight excluding hydrogens is 483 g/mol. The van der Waals surface area contributed by atoms with E-state index in [0.29, 0.717) is 32.8 Å². The van der Waals surface area contributed by atoms with Crippen LogP contribution in [0, 0.1) is 15.9 Å². The normalized spacial score (nSPS) is 10.7. The molecule has 164 valence electrons. The lowest BCUT2D eigenvalue weighted by molar-refractivity contribution is -0.384. The number of hydrogen-bond donors (Lipinski definition) is 1. The second kappa shape index (κ2) is 10.5. The summed E-state index contributed by atoms with van der Waals surface area (Å²) in [5.41, 5.74) is 1.44. The van der Waals surface area contributed by atoms with Crippen molar-refractivity contribution in [3.05, 3.63) is 98.3 Å². The van der Waals surface area contributed by atoms with Crippen LogP contribution in [0.3, 0.4) is 0 Å². The third kappa shape index (κ3) is 5.92. The van der Waals surface area contributed by atoms with Crippen LogP contribution in [0.2, 0.25) is 0 Å². The maximum Gasteiger partial charge on any atom is 0.269 e. The number of ether oxygens (including phenoxy) is 2. The van der Waals surface area contributed by atoms with Gasteiger partial charge in [-0.05, 0) is 57.9 Å². The van der Waals surface area contributed by atoms with Crippen LogP contribution in [-0.2, 0) is 11.4 Å². The fraction of sp³-hybridized carbons (Fsp3) is 0.0870. The molecule has 0 aliphatic rings. The van der Waals surface area contributed by atoms with Gasteiger partial charge in [0.15, 0.2) is 11.5 Å². The smallest absolute Gasteiger partial charge is 0.269 e. The lowest BCUT2D eigenvalue weighted by Gasteiger charge is -2.14. The summed E-state index contributed by atoms with van der Waals surface area (Å²) in [6.07, 6.45) is 2.90. The van der Waals surface area contributed by atoms with Crippen molar-refractivity contribution < 1.29 is 23.6 Å². The van der Waals surface area contributed by atoms with Gasteiger partial charge in [0.25, 0.3) is 5.69 Å². The predicted octanol–water partition coefficient (Wildman–Crippen LogP) is 5.74. The van der Waals surface area contributed by atoms with Gasteiger partial charge in [-0.2, -0.15) is 0 Å². The van der Waals surface area contributed by atoms with Crippen molar-refractivity contribution >= 4 is 39.3 Å². The first-order valence-electron chi connectivity index (χ1n) is 9.34. The Morgan fingerprint density at radius 3 is 2.56 bits per heavy atom. The van der Waals surface area contributed by atoms with Crippen molar-refractivity contribution in [2.45, 2.75) is 6.61 Å². The number of anilines is 1. The number of non-ortho nitro benzene ring substituents is 1. The van der Waals surface area contributed by atoms with Gasteiger partial charge < -0.3 is 14.8 Å². The van der Waals surface area contributed by atoms with E-state index < -0.39 is 10.8 Å². The number of hydrogen-bond acceptors (Lipinski definition) is 5. The number of carbonyl (C=O) groups is 1. The summed E-state index contributed by atoms with van der Waals surface area (Å²) < 4.78 is 25.5. The van der Waals surface area contributed by atoms with Gasteiger partial charge in [0, 0.05) is 29.5 Å². The summed E-state index contributed by atoms with van der Waals surface area (Å²) in [7, 11) is 1.48. The van der Waals surface area contributed by atoms with Crippen molar-refractivity contribution in [1.82, 2.24) is 0 Å². The van der Waals surface area contributed by atoms with E-state index in [2.05, 4.69) is 21.2 Å². The van der Waals surface area contributed by atoms with Gasteiger partial charge >= 0.3 is 0 Å².